The van der Waals surface area contributed by atoms with E-state index in [1.54, 1.807) is 18.2 Å². The molecule has 0 aromatic heterocycles. The van der Waals surface area contributed by atoms with Crippen molar-refractivity contribution in [1.82, 2.24) is 0 Å². The minimum atomic E-state index is -0.470. The van der Waals surface area contributed by atoms with Crippen molar-refractivity contribution < 1.29 is 23.8 Å². The van der Waals surface area contributed by atoms with Gasteiger partial charge >= 0.3 is 11.9 Å². The Bertz CT molecular complexity index is 607. The molecule has 3 unspecified atom stereocenters. The molecule has 1 aromatic carbocycles. The van der Waals surface area contributed by atoms with Gasteiger partial charge in [-0.2, -0.15) is 0 Å². The highest BCUT2D eigenvalue weighted by Gasteiger charge is 2.61. The minimum Gasteiger partial charge on any atom is -0.465 e. The van der Waals surface area contributed by atoms with Gasteiger partial charge in [-0.3, -0.25) is 0 Å². The topological polar surface area (TPSA) is 61.8 Å². The van der Waals surface area contributed by atoms with Crippen molar-refractivity contribution in [3.05, 3.63) is 35.4 Å². The van der Waals surface area contributed by atoms with Gasteiger partial charge in [0.1, 0.15) is 6.10 Å². The summed E-state index contributed by atoms with van der Waals surface area (Å²) in [6.07, 6.45) is 0.954. The largest absolute Gasteiger partial charge is 0.465 e. The quantitative estimate of drug-likeness (QED) is 0.803. The van der Waals surface area contributed by atoms with Gasteiger partial charge in [-0.25, -0.2) is 9.59 Å². The van der Waals surface area contributed by atoms with Crippen LogP contribution in [-0.2, 0) is 14.2 Å². The first-order chi connectivity index (χ1) is 10.4. The summed E-state index contributed by atoms with van der Waals surface area (Å²) >= 11 is 0. The monoisotopic (exact) mass is 304 g/mol. The smallest absolute Gasteiger partial charge is 0.338 e. The molecule has 1 saturated carbocycles. The van der Waals surface area contributed by atoms with E-state index >= 15 is 0 Å². The van der Waals surface area contributed by atoms with Crippen molar-refractivity contribution in [2.24, 2.45) is 11.3 Å². The van der Waals surface area contributed by atoms with E-state index in [1.807, 2.05) is 0 Å². The molecular weight excluding hydrogens is 284 g/mol. The molecule has 2 aliphatic rings. The maximum Gasteiger partial charge on any atom is 0.338 e. The fourth-order valence-electron chi connectivity index (χ4n) is 3.59. The van der Waals surface area contributed by atoms with Gasteiger partial charge in [0, 0.05) is 17.9 Å². The van der Waals surface area contributed by atoms with Crippen molar-refractivity contribution in [2.75, 3.05) is 13.7 Å². The Labute approximate surface area is 129 Å². The van der Waals surface area contributed by atoms with Crippen molar-refractivity contribution in [2.45, 2.75) is 32.5 Å². The van der Waals surface area contributed by atoms with E-state index in [0.29, 0.717) is 11.1 Å². The van der Waals surface area contributed by atoms with E-state index in [9.17, 15) is 9.59 Å². The average Bonchev–Trinajstić information content (AvgIpc) is 2.98. The molecule has 1 aromatic rings. The van der Waals surface area contributed by atoms with Crippen LogP contribution in [0.3, 0.4) is 0 Å². The second kappa shape index (κ2) is 5.39. The normalized spacial score (nSPS) is 28.4. The third kappa shape index (κ3) is 2.29. The van der Waals surface area contributed by atoms with Crippen LogP contribution in [0.15, 0.2) is 24.3 Å². The van der Waals surface area contributed by atoms with Crippen molar-refractivity contribution >= 4 is 11.9 Å². The van der Waals surface area contributed by atoms with Crippen LogP contribution in [0, 0.1) is 11.3 Å². The molecule has 3 rings (SSSR count). The van der Waals surface area contributed by atoms with Crippen LogP contribution in [0.25, 0.3) is 0 Å². The van der Waals surface area contributed by atoms with Gasteiger partial charge in [0.15, 0.2) is 0 Å². The number of hydrogen-bond acceptors (Lipinski definition) is 5. The second-order valence-electron chi connectivity index (χ2n) is 6.46. The number of hydrogen-bond donors (Lipinski definition) is 0. The lowest BCUT2D eigenvalue weighted by Gasteiger charge is -2.53. The SMILES string of the molecule is COC(=O)c1cccc(C(=O)OC2C3CCOC3C2(C)C)c1. The highest BCUT2D eigenvalue weighted by Crippen LogP contribution is 2.53. The van der Waals surface area contributed by atoms with Crippen LogP contribution >= 0.6 is 0 Å². The number of fused-ring (bicyclic) bond motifs is 1. The van der Waals surface area contributed by atoms with E-state index in [1.165, 1.54) is 13.2 Å². The van der Waals surface area contributed by atoms with Crippen LogP contribution in [-0.4, -0.2) is 37.9 Å². The van der Waals surface area contributed by atoms with E-state index in [-0.39, 0.29) is 23.5 Å². The Morgan fingerprint density at radius 3 is 2.59 bits per heavy atom. The number of methoxy groups -OCH3 is 1. The standard InChI is InChI=1S/C17H20O5/c1-17(2)13-12(7-8-21-13)14(17)22-16(19)11-6-4-5-10(9-11)15(18)20-3/h4-6,9,12-14H,7-8H2,1-3H3. The molecule has 1 aliphatic heterocycles. The third-order valence-electron chi connectivity index (χ3n) is 4.75. The Balaban J connectivity index is 1.74. The first kappa shape index (κ1) is 15.0. The molecule has 0 bridgehead atoms. The Morgan fingerprint density at radius 2 is 1.91 bits per heavy atom. The predicted molar refractivity (Wildman–Crippen MR) is 78.6 cm³/mol. The Morgan fingerprint density at radius 1 is 1.23 bits per heavy atom. The van der Waals surface area contributed by atoms with Gasteiger partial charge in [0.2, 0.25) is 0 Å². The summed E-state index contributed by atoms with van der Waals surface area (Å²) in [6.45, 7) is 4.84. The number of ether oxygens (including phenoxy) is 3. The van der Waals surface area contributed by atoms with E-state index in [2.05, 4.69) is 18.6 Å². The summed E-state index contributed by atoms with van der Waals surface area (Å²) in [5.41, 5.74) is 0.532. The molecule has 0 radical (unpaired) electrons. The minimum absolute atomic E-state index is 0.144. The van der Waals surface area contributed by atoms with Crippen LogP contribution in [0.4, 0.5) is 0 Å². The Kier molecular flexibility index (Phi) is 3.68. The fourth-order valence-corrected chi connectivity index (χ4v) is 3.59. The third-order valence-corrected chi connectivity index (χ3v) is 4.75. The zero-order valence-electron chi connectivity index (χ0n) is 13.0. The van der Waals surface area contributed by atoms with Gasteiger partial charge in [0.25, 0.3) is 0 Å². The summed E-state index contributed by atoms with van der Waals surface area (Å²) in [6, 6.07) is 6.40. The van der Waals surface area contributed by atoms with Crippen LogP contribution in [0.2, 0.25) is 0 Å². The van der Waals surface area contributed by atoms with Crippen LogP contribution < -0.4 is 0 Å². The molecule has 3 atom stereocenters. The molecular formula is C17H20O5. The lowest BCUT2D eigenvalue weighted by atomic mass is 9.59. The van der Waals surface area contributed by atoms with Crippen molar-refractivity contribution in [3.8, 4) is 0 Å². The number of esters is 2. The zero-order valence-corrected chi connectivity index (χ0v) is 13.0. The lowest BCUT2D eigenvalue weighted by Crippen LogP contribution is -2.61. The molecule has 0 N–H and O–H groups in total. The number of carbonyl (C=O) groups is 2. The predicted octanol–water partition coefficient (Wildman–Crippen LogP) is 2.44. The van der Waals surface area contributed by atoms with Gasteiger partial charge in [0.05, 0.1) is 24.3 Å². The molecule has 1 heterocycles. The summed E-state index contributed by atoms with van der Waals surface area (Å²) in [4.78, 5) is 23.9. The number of benzene rings is 1. The van der Waals surface area contributed by atoms with Gasteiger partial charge in [-0.1, -0.05) is 19.9 Å². The fraction of sp³-hybridized carbons (Fsp3) is 0.529. The maximum absolute atomic E-state index is 12.4. The number of carbonyl (C=O) groups excluding carboxylic acids is 2. The molecule has 118 valence electrons. The molecule has 1 aliphatic carbocycles. The molecule has 0 amide bonds. The van der Waals surface area contributed by atoms with Crippen LogP contribution in [0.5, 0.6) is 0 Å². The van der Waals surface area contributed by atoms with Crippen molar-refractivity contribution in [1.29, 1.82) is 0 Å². The summed E-state index contributed by atoms with van der Waals surface area (Å²) in [5.74, 6) is -0.597. The lowest BCUT2D eigenvalue weighted by molar-refractivity contribution is -0.183. The molecule has 5 heteroatoms. The average molecular weight is 304 g/mol. The summed E-state index contributed by atoms with van der Waals surface area (Å²) < 4.78 is 16.1. The highest BCUT2D eigenvalue weighted by molar-refractivity contribution is 5.95. The van der Waals surface area contributed by atoms with Crippen molar-refractivity contribution in [3.63, 3.8) is 0 Å². The molecule has 22 heavy (non-hydrogen) atoms. The maximum atomic E-state index is 12.4. The van der Waals surface area contributed by atoms with E-state index in [0.717, 1.165) is 13.0 Å². The van der Waals surface area contributed by atoms with Gasteiger partial charge in [-0.15, -0.1) is 0 Å². The van der Waals surface area contributed by atoms with E-state index < -0.39 is 11.9 Å². The Hall–Kier alpha value is -1.88. The first-order valence-electron chi connectivity index (χ1n) is 7.46. The van der Waals surface area contributed by atoms with Gasteiger partial charge < -0.3 is 14.2 Å². The highest BCUT2D eigenvalue weighted by atomic mass is 16.6. The molecule has 2 fully saturated rings. The molecule has 0 spiro atoms. The van der Waals surface area contributed by atoms with Gasteiger partial charge in [-0.05, 0) is 24.6 Å². The molecule has 5 nitrogen and oxygen atoms in total. The van der Waals surface area contributed by atoms with E-state index in [4.69, 9.17) is 9.47 Å². The zero-order chi connectivity index (χ0) is 15.9. The summed E-state index contributed by atoms with van der Waals surface area (Å²) in [7, 11) is 1.31. The molecule has 1 saturated heterocycles. The second-order valence-corrected chi connectivity index (χ2v) is 6.46. The van der Waals surface area contributed by atoms with Crippen LogP contribution in [0.1, 0.15) is 41.0 Å². The first-order valence-corrected chi connectivity index (χ1v) is 7.46. The summed E-state index contributed by atoms with van der Waals surface area (Å²) in [5, 5.41) is 0. The number of rotatable bonds is 3.